The number of aromatic amines is 1. The van der Waals surface area contributed by atoms with Gasteiger partial charge in [-0.3, -0.25) is 9.69 Å². The van der Waals surface area contributed by atoms with Crippen LogP contribution in [0.2, 0.25) is 0 Å². The molecular weight excluding hydrogens is 480 g/mol. The zero-order valence-electron chi connectivity index (χ0n) is 21.0. The first-order valence-corrected chi connectivity index (χ1v) is 13.1. The highest BCUT2D eigenvalue weighted by Crippen LogP contribution is 2.35. The lowest BCUT2D eigenvalue weighted by atomic mass is 10.1. The molecule has 0 atom stereocenters. The van der Waals surface area contributed by atoms with Gasteiger partial charge >= 0.3 is 0 Å². The summed E-state index contributed by atoms with van der Waals surface area (Å²) in [6.45, 7) is 8.98. The van der Waals surface area contributed by atoms with E-state index in [9.17, 15) is 15.1 Å². The molecule has 0 unspecified atom stereocenters. The van der Waals surface area contributed by atoms with Crippen LogP contribution in [0.1, 0.15) is 31.5 Å². The fraction of sp³-hybridized carbons (Fsp3) is 0.480. The molecule has 36 heavy (non-hydrogen) atoms. The number of piperazine rings is 1. The van der Waals surface area contributed by atoms with Gasteiger partial charge in [0.2, 0.25) is 0 Å². The van der Waals surface area contributed by atoms with Crippen molar-refractivity contribution in [3.63, 3.8) is 0 Å². The second-order valence-electron chi connectivity index (χ2n) is 8.71. The van der Waals surface area contributed by atoms with Crippen molar-refractivity contribution < 1.29 is 15.1 Å². The molecule has 10 nitrogen and oxygen atoms in total. The van der Waals surface area contributed by atoms with Crippen LogP contribution in [0, 0.1) is 0 Å². The summed E-state index contributed by atoms with van der Waals surface area (Å²) in [7, 11) is 1.78. The van der Waals surface area contributed by atoms with Gasteiger partial charge in [-0.15, -0.1) is 0 Å². The third-order valence-corrected chi connectivity index (χ3v) is 7.44. The molecule has 3 heterocycles. The van der Waals surface area contributed by atoms with Crippen LogP contribution in [0.15, 0.2) is 33.0 Å². The van der Waals surface area contributed by atoms with E-state index in [1.807, 2.05) is 25.1 Å². The van der Waals surface area contributed by atoms with Crippen molar-refractivity contribution in [3.8, 4) is 17.1 Å². The summed E-state index contributed by atoms with van der Waals surface area (Å²) >= 11 is 1.67. The maximum absolute atomic E-state index is 13.2. The number of ether oxygens (including phenoxy) is 1. The second kappa shape index (κ2) is 11.9. The van der Waals surface area contributed by atoms with Gasteiger partial charge in [0.05, 0.1) is 30.7 Å². The highest BCUT2D eigenvalue weighted by atomic mass is 32.2. The summed E-state index contributed by atoms with van der Waals surface area (Å²) in [5.41, 5.74) is 3.06. The summed E-state index contributed by atoms with van der Waals surface area (Å²) in [5.74, 6) is 1.10. The van der Waals surface area contributed by atoms with Crippen molar-refractivity contribution in [2.75, 3.05) is 45.9 Å². The average molecular weight is 515 g/mol. The molecule has 0 aliphatic carbocycles. The van der Waals surface area contributed by atoms with Gasteiger partial charge in [-0.1, -0.05) is 18.5 Å². The normalized spacial score (nSPS) is 15.3. The number of rotatable bonds is 10. The van der Waals surface area contributed by atoms with Gasteiger partial charge in [-0.05, 0) is 43.5 Å². The number of fused-ring (bicyclic) bond motifs is 1. The number of aromatic nitrogens is 3. The van der Waals surface area contributed by atoms with Crippen LogP contribution >= 0.6 is 11.9 Å². The van der Waals surface area contributed by atoms with Crippen LogP contribution in [0.5, 0.6) is 5.75 Å². The molecule has 0 radical (unpaired) electrons. The number of benzene rings is 1. The molecular formula is C25H34N6O4S. The van der Waals surface area contributed by atoms with E-state index < -0.39 is 0 Å². The smallest absolute Gasteiger partial charge is 0.275 e. The number of aliphatic hydroxyl groups excluding tert-OH is 1. The predicted octanol–water partition coefficient (Wildman–Crippen LogP) is 2.70. The van der Waals surface area contributed by atoms with E-state index in [4.69, 9.17) is 9.72 Å². The third-order valence-electron chi connectivity index (χ3n) is 6.35. The van der Waals surface area contributed by atoms with Gasteiger partial charge in [-0.25, -0.2) is 9.29 Å². The molecule has 1 aliphatic heterocycles. The van der Waals surface area contributed by atoms with Crippen molar-refractivity contribution in [1.82, 2.24) is 23.7 Å². The topological polar surface area (TPSA) is 119 Å². The highest BCUT2D eigenvalue weighted by molar-refractivity contribution is 7.97. The minimum Gasteiger partial charge on any atom is -0.493 e. The minimum absolute atomic E-state index is 0.181. The summed E-state index contributed by atoms with van der Waals surface area (Å²) in [6.07, 6.45) is 2.91. The third kappa shape index (κ3) is 5.44. The number of aryl methyl sites for hydroxylation is 2. The first-order chi connectivity index (χ1) is 17.5. The largest absolute Gasteiger partial charge is 0.493 e. The number of oxime groups is 1. The predicted molar refractivity (Wildman–Crippen MR) is 142 cm³/mol. The van der Waals surface area contributed by atoms with Gasteiger partial charge < -0.3 is 24.6 Å². The molecule has 1 fully saturated rings. The number of nitrogens with zero attached hydrogens (tertiary/aromatic N) is 5. The van der Waals surface area contributed by atoms with E-state index in [0.29, 0.717) is 47.9 Å². The summed E-state index contributed by atoms with van der Waals surface area (Å²) in [5, 5.41) is 21.6. The van der Waals surface area contributed by atoms with Gasteiger partial charge in [0.15, 0.2) is 0 Å². The molecule has 1 aliphatic rings. The van der Waals surface area contributed by atoms with E-state index >= 15 is 0 Å². The molecule has 1 aromatic carbocycles. The monoisotopic (exact) mass is 514 g/mol. The van der Waals surface area contributed by atoms with Crippen LogP contribution in [0.3, 0.4) is 0 Å². The molecule has 4 rings (SSSR count). The van der Waals surface area contributed by atoms with E-state index in [1.54, 1.807) is 23.6 Å². The Bertz CT molecular complexity index is 1280. The lowest BCUT2D eigenvalue weighted by Gasteiger charge is -2.33. The fourth-order valence-corrected chi connectivity index (χ4v) is 5.59. The molecule has 3 aromatic rings. The molecule has 0 bridgehead atoms. The first-order valence-electron chi connectivity index (χ1n) is 12.3. The van der Waals surface area contributed by atoms with Crippen molar-refractivity contribution in [3.05, 3.63) is 39.8 Å². The first kappa shape index (κ1) is 26.2. The minimum atomic E-state index is -0.257. The van der Waals surface area contributed by atoms with Gasteiger partial charge in [0, 0.05) is 50.2 Å². The second-order valence-corrected chi connectivity index (χ2v) is 9.88. The number of hydrogen-bond acceptors (Lipinski definition) is 9. The zero-order valence-corrected chi connectivity index (χ0v) is 21.8. The lowest BCUT2D eigenvalue weighted by molar-refractivity contribution is 0.156. The van der Waals surface area contributed by atoms with Crippen molar-refractivity contribution in [2.45, 2.75) is 31.6 Å². The Balaban J connectivity index is 1.74. The van der Waals surface area contributed by atoms with Gasteiger partial charge in [0.1, 0.15) is 22.6 Å². The van der Waals surface area contributed by atoms with E-state index in [0.717, 1.165) is 48.6 Å². The molecule has 194 valence electrons. The molecule has 0 saturated carbocycles. The SMILES string of the molecule is CCCc1c(/C=N/O)n(C)c2c(=O)[nH]c(-c3cc(SN4CCN(CCO)CC4)ccc3OCC)nc12. The summed E-state index contributed by atoms with van der Waals surface area (Å²) < 4.78 is 9.93. The molecule has 2 aromatic heterocycles. The van der Waals surface area contributed by atoms with Gasteiger partial charge in [-0.2, -0.15) is 0 Å². The van der Waals surface area contributed by atoms with Gasteiger partial charge in [0.25, 0.3) is 5.56 Å². The Hall–Kier alpha value is -2.86. The van der Waals surface area contributed by atoms with Crippen LogP contribution in [-0.2, 0) is 13.5 Å². The number of H-pyrrole nitrogens is 1. The standard InChI is InChI=1S/C25H34N6O4S/c1-4-6-18-20(16-26-34)29(3)23-22(18)27-24(28-25(23)33)19-15-17(7-8-21(19)35-5-2)36-31-11-9-30(10-12-31)13-14-32/h7-8,15-16,32,34H,4-6,9-14H2,1-3H3,(H,27,28,33)/b26-16+. The molecule has 0 amide bonds. The number of aliphatic hydroxyl groups is 1. The van der Waals surface area contributed by atoms with Crippen molar-refractivity contribution >= 4 is 29.2 Å². The van der Waals surface area contributed by atoms with Crippen LogP contribution in [0.25, 0.3) is 22.4 Å². The van der Waals surface area contributed by atoms with Crippen LogP contribution in [-0.4, -0.2) is 86.2 Å². The Kier molecular flexibility index (Phi) is 8.68. The molecule has 3 N–H and O–H groups in total. The summed E-state index contributed by atoms with van der Waals surface area (Å²) in [6, 6.07) is 5.96. The zero-order chi connectivity index (χ0) is 25.7. The van der Waals surface area contributed by atoms with Crippen LogP contribution < -0.4 is 10.3 Å². The van der Waals surface area contributed by atoms with E-state index in [2.05, 4.69) is 26.3 Å². The Labute approximate surface area is 214 Å². The summed E-state index contributed by atoms with van der Waals surface area (Å²) in [4.78, 5) is 24.4. The van der Waals surface area contributed by atoms with E-state index in [1.165, 1.54) is 6.21 Å². The number of nitrogens with one attached hydrogen (secondary N) is 1. The van der Waals surface area contributed by atoms with Crippen LogP contribution in [0.4, 0.5) is 0 Å². The fourth-order valence-electron chi connectivity index (χ4n) is 4.64. The molecule has 0 spiro atoms. The molecule has 1 saturated heterocycles. The quantitative estimate of drug-likeness (QED) is 0.164. The van der Waals surface area contributed by atoms with E-state index in [-0.39, 0.29) is 12.2 Å². The Morgan fingerprint density at radius 1 is 1.25 bits per heavy atom. The van der Waals surface area contributed by atoms with Crippen molar-refractivity contribution in [2.24, 2.45) is 12.2 Å². The highest BCUT2D eigenvalue weighted by Gasteiger charge is 2.22. The average Bonchev–Trinajstić information content (AvgIpc) is 3.13. The maximum Gasteiger partial charge on any atom is 0.275 e. The van der Waals surface area contributed by atoms with Crippen molar-refractivity contribution in [1.29, 1.82) is 0 Å². The lowest BCUT2D eigenvalue weighted by Crippen LogP contribution is -2.44. The Morgan fingerprint density at radius 2 is 2.03 bits per heavy atom. The Morgan fingerprint density at radius 3 is 2.69 bits per heavy atom. The molecule has 11 heteroatoms. The number of hydrogen-bond donors (Lipinski definition) is 3. The maximum atomic E-state index is 13.2. The number of β-amino-alcohol motifs (C(OH)–C–C–N with tert-alkyl or cyclic N) is 1.